The van der Waals surface area contributed by atoms with E-state index in [9.17, 15) is 4.39 Å². The first-order chi connectivity index (χ1) is 7.79. The van der Waals surface area contributed by atoms with Crippen LogP contribution in [0.2, 0.25) is 0 Å². The fraction of sp³-hybridized carbons (Fsp3) is 0.273. The van der Waals surface area contributed by atoms with Crippen molar-refractivity contribution >= 4 is 0 Å². The lowest BCUT2D eigenvalue weighted by Crippen LogP contribution is -2.11. The molecular weight excluding hydrogens is 207 g/mol. The van der Waals surface area contributed by atoms with E-state index in [4.69, 9.17) is 0 Å². The van der Waals surface area contributed by atoms with E-state index in [1.807, 2.05) is 13.0 Å². The second-order valence-electron chi connectivity index (χ2n) is 3.45. The molecule has 0 unspecified atom stereocenters. The molecular formula is C11H13FN4. The molecule has 0 aromatic carbocycles. The fourth-order valence-electron chi connectivity index (χ4n) is 1.41. The van der Waals surface area contributed by atoms with Crippen molar-refractivity contribution in [2.45, 2.75) is 13.5 Å². The largest absolute Gasteiger partial charge is 0.311 e. The molecule has 2 heterocycles. The molecule has 0 saturated carbocycles. The van der Waals surface area contributed by atoms with Crippen LogP contribution in [0.4, 0.5) is 4.39 Å². The highest BCUT2D eigenvalue weighted by Gasteiger charge is 2.04. The zero-order valence-electron chi connectivity index (χ0n) is 9.00. The van der Waals surface area contributed by atoms with Crippen molar-refractivity contribution in [2.75, 3.05) is 6.54 Å². The highest BCUT2D eigenvalue weighted by atomic mass is 19.1. The average Bonchev–Trinajstić information content (AvgIpc) is 2.75. The lowest BCUT2D eigenvalue weighted by atomic mass is 10.2. The Labute approximate surface area is 92.9 Å². The Hall–Kier alpha value is -1.75. The normalized spacial score (nSPS) is 10.6. The monoisotopic (exact) mass is 220 g/mol. The van der Waals surface area contributed by atoms with Gasteiger partial charge in [0.05, 0.1) is 11.9 Å². The number of nitrogens with zero attached hydrogens (tertiary/aromatic N) is 2. The zero-order chi connectivity index (χ0) is 11.4. The van der Waals surface area contributed by atoms with E-state index >= 15 is 0 Å². The minimum atomic E-state index is -0.353. The summed E-state index contributed by atoms with van der Waals surface area (Å²) < 4.78 is 12.9. The first kappa shape index (κ1) is 10.8. The SMILES string of the molecule is CCNCc1cc(-c2cncc(F)c2)n[nH]1. The van der Waals surface area contributed by atoms with Gasteiger partial charge < -0.3 is 5.32 Å². The molecule has 0 radical (unpaired) electrons. The molecule has 4 nitrogen and oxygen atoms in total. The van der Waals surface area contributed by atoms with Crippen molar-refractivity contribution in [3.63, 3.8) is 0 Å². The van der Waals surface area contributed by atoms with Gasteiger partial charge in [0.25, 0.3) is 0 Å². The first-order valence-corrected chi connectivity index (χ1v) is 5.15. The summed E-state index contributed by atoms with van der Waals surface area (Å²) >= 11 is 0. The average molecular weight is 220 g/mol. The smallest absolute Gasteiger partial charge is 0.142 e. The second kappa shape index (κ2) is 4.85. The van der Waals surface area contributed by atoms with Gasteiger partial charge in [-0.3, -0.25) is 10.1 Å². The Balaban J connectivity index is 2.18. The van der Waals surface area contributed by atoms with Crippen molar-refractivity contribution in [3.8, 4) is 11.3 Å². The van der Waals surface area contributed by atoms with Gasteiger partial charge in [-0.25, -0.2) is 4.39 Å². The van der Waals surface area contributed by atoms with E-state index in [1.165, 1.54) is 12.3 Å². The number of aromatic nitrogens is 3. The number of hydrogen-bond acceptors (Lipinski definition) is 3. The molecule has 2 aromatic heterocycles. The molecule has 0 aliphatic heterocycles. The molecule has 0 aliphatic rings. The van der Waals surface area contributed by atoms with E-state index in [-0.39, 0.29) is 5.82 Å². The molecule has 0 aliphatic carbocycles. The van der Waals surface area contributed by atoms with E-state index in [0.29, 0.717) is 11.3 Å². The van der Waals surface area contributed by atoms with Crippen LogP contribution in [0, 0.1) is 5.82 Å². The third-order valence-electron chi connectivity index (χ3n) is 2.20. The minimum absolute atomic E-state index is 0.353. The lowest BCUT2D eigenvalue weighted by molar-refractivity contribution is 0.622. The third kappa shape index (κ3) is 2.43. The quantitative estimate of drug-likeness (QED) is 0.824. The Morgan fingerprint density at radius 2 is 2.25 bits per heavy atom. The number of H-pyrrole nitrogens is 1. The highest BCUT2D eigenvalue weighted by Crippen LogP contribution is 2.17. The highest BCUT2D eigenvalue weighted by molar-refractivity contribution is 5.57. The molecule has 0 amide bonds. The van der Waals surface area contributed by atoms with Crippen molar-refractivity contribution in [3.05, 3.63) is 36.0 Å². The molecule has 16 heavy (non-hydrogen) atoms. The van der Waals surface area contributed by atoms with Gasteiger partial charge in [-0.15, -0.1) is 0 Å². The van der Waals surface area contributed by atoms with Crippen molar-refractivity contribution in [1.29, 1.82) is 0 Å². The van der Waals surface area contributed by atoms with Gasteiger partial charge in [0.15, 0.2) is 0 Å². The number of rotatable bonds is 4. The molecule has 0 bridgehead atoms. The standard InChI is InChI=1S/C11H13FN4/c1-2-13-7-10-4-11(16-15-10)8-3-9(12)6-14-5-8/h3-6,13H,2,7H2,1H3,(H,15,16). The van der Waals surface area contributed by atoms with Gasteiger partial charge in [-0.1, -0.05) is 6.92 Å². The maximum atomic E-state index is 12.9. The van der Waals surface area contributed by atoms with E-state index in [1.54, 1.807) is 6.20 Å². The lowest BCUT2D eigenvalue weighted by Gasteiger charge is -1.96. The molecule has 2 rings (SSSR count). The Kier molecular flexibility index (Phi) is 3.26. The van der Waals surface area contributed by atoms with Gasteiger partial charge in [0.2, 0.25) is 0 Å². The van der Waals surface area contributed by atoms with Crippen LogP contribution >= 0.6 is 0 Å². The number of halogens is 1. The number of nitrogens with one attached hydrogen (secondary N) is 2. The van der Waals surface area contributed by atoms with Gasteiger partial charge >= 0.3 is 0 Å². The Morgan fingerprint density at radius 3 is 3.00 bits per heavy atom. The number of aromatic amines is 1. The van der Waals surface area contributed by atoms with Gasteiger partial charge in [0, 0.05) is 24.0 Å². The first-order valence-electron chi connectivity index (χ1n) is 5.15. The maximum Gasteiger partial charge on any atom is 0.142 e. The second-order valence-corrected chi connectivity index (χ2v) is 3.45. The molecule has 0 atom stereocenters. The summed E-state index contributed by atoms with van der Waals surface area (Å²) in [5.74, 6) is -0.353. The van der Waals surface area contributed by atoms with Gasteiger partial charge in [0.1, 0.15) is 5.82 Å². The maximum absolute atomic E-state index is 12.9. The number of hydrogen-bond donors (Lipinski definition) is 2. The summed E-state index contributed by atoms with van der Waals surface area (Å²) in [4.78, 5) is 3.79. The minimum Gasteiger partial charge on any atom is -0.311 e. The molecule has 0 saturated heterocycles. The van der Waals surface area contributed by atoms with Crippen molar-refractivity contribution in [2.24, 2.45) is 0 Å². The summed E-state index contributed by atoms with van der Waals surface area (Å²) in [5.41, 5.74) is 2.36. The van der Waals surface area contributed by atoms with E-state index in [2.05, 4.69) is 20.5 Å². The number of pyridine rings is 1. The van der Waals surface area contributed by atoms with Crippen LogP contribution in [0.1, 0.15) is 12.6 Å². The van der Waals surface area contributed by atoms with Crippen LogP contribution in [0.3, 0.4) is 0 Å². The molecule has 2 N–H and O–H groups in total. The predicted octanol–water partition coefficient (Wildman–Crippen LogP) is 1.72. The zero-order valence-corrected chi connectivity index (χ0v) is 9.00. The summed E-state index contributed by atoms with van der Waals surface area (Å²) in [5, 5.41) is 10.2. The molecule has 84 valence electrons. The van der Waals surface area contributed by atoms with Crippen LogP contribution in [-0.4, -0.2) is 21.7 Å². The molecule has 0 fully saturated rings. The van der Waals surface area contributed by atoms with Crippen LogP contribution in [0.25, 0.3) is 11.3 Å². The Bertz CT molecular complexity index is 467. The van der Waals surface area contributed by atoms with E-state index < -0.39 is 0 Å². The molecule has 5 heteroatoms. The van der Waals surface area contributed by atoms with Crippen molar-refractivity contribution in [1.82, 2.24) is 20.5 Å². The summed E-state index contributed by atoms with van der Waals surface area (Å²) in [7, 11) is 0. The molecule has 0 spiro atoms. The Morgan fingerprint density at radius 1 is 1.38 bits per heavy atom. The predicted molar refractivity (Wildman–Crippen MR) is 59.2 cm³/mol. The summed E-state index contributed by atoms with van der Waals surface area (Å²) in [6.07, 6.45) is 2.77. The van der Waals surface area contributed by atoms with Crippen LogP contribution in [0.15, 0.2) is 24.5 Å². The van der Waals surface area contributed by atoms with Gasteiger partial charge in [-0.2, -0.15) is 5.10 Å². The third-order valence-corrected chi connectivity index (χ3v) is 2.20. The van der Waals surface area contributed by atoms with Crippen LogP contribution < -0.4 is 5.32 Å². The van der Waals surface area contributed by atoms with Gasteiger partial charge in [-0.05, 0) is 18.7 Å². The summed E-state index contributed by atoms with van der Waals surface area (Å²) in [6.45, 7) is 3.66. The fourth-order valence-corrected chi connectivity index (χ4v) is 1.41. The van der Waals surface area contributed by atoms with E-state index in [0.717, 1.165) is 18.8 Å². The molecule has 2 aromatic rings. The van der Waals surface area contributed by atoms with Crippen molar-refractivity contribution < 1.29 is 4.39 Å². The van der Waals surface area contributed by atoms with Crippen LogP contribution in [0.5, 0.6) is 0 Å². The topological polar surface area (TPSA) is 53.6 Å². The van der Waals surface area contributed by atoms with Crippen LogP contribution in [-0.2, 0) is 6.54 Å². The summed E-state index contributed by atoms with van der Waals surface area (Å²) in [6, 6.07) is 3.30.